The molecule has 4 aromatic rings. The number of fused-ring (bicyclic) bond motifs is 3. The van der Waals surface area contributed by atoms with Crippen molar-refractivity contribution in [2.75, 3.05) is 13.1 Å². The lowest BCUT2D eigenvalue weighted by Crippen LogP contribution is -2.44. The van der Waals surface area contributed by atoms with E-state index in [9.17, 15) is 14.7 Å². The molecule has 1 N–H and O–H groups in total. The Balaban J connectivity index is 1.61. The molecule has 170 valence electrons. The fourth-order valence-corrected chi connectivity index (χ4v) is 4.54. The quantitative estimate of drug-likeness (QED) is 0.471. The van der Waals surface area contributed by atoms with Gasteiger partial charge in [-0.2, -0.15) is 5.26 Å². The van der Waals surface area contributed by atoms with Gasteiger partial charge in [0.05, 0.1) is 16.7 Å². The molecular weight excluding hydrogens is 432 g/mol. The van der Waals surface area contributed by atoms with E-state index in [0.29, 0.717) is 53.9 Å². The number of piperidine rings is 1. The van der Waals surface area contributed by atoms with Crippen molar-refractivity contribution in [2.45, 2.75) is 31.9 Å². The minimum atomic E-state index is -1.04. The summed E-state index contributed by atoms with van der Waals surface area (Å²) in [6, 6.07) is 12.3. The fourth-order valence-electron chi connectivity index (χ4n) is 4.54. The summed E-state index contributed by atoms with van der Waals surface area (Å²) in [5, 5.41) is 19.4. The van der Waals surface area contributed by atoms with E-state index in [2.05, 4.69) is 9.97 Å². The van der Waals surface area contributed by atoms with E-state index in [1.165, 1.54) is 13.0 Å². The summed E-state index contributed by atoms with van der Waals surface area (Å²) in [4.78, 5) is 40.4. The molecule has 1 saturated heterocycles. The van der Waals surface area contributed by atoms with E-state index in [4.69, 9.17) is 10.2 Å². The van der Waals surface area contributed by atoms with Gasteiger partial charge in [0.15, 0.2) is 0 Å². The number of nitrogens with zero attached hydrogens (tertiary/aromatic N) is 6. The maximum atomic E-state index is 13.1. The van der Waals surface area contributed by atoms with E-state index < -0.39 is 6.10 Å². The van der Waals surface area contributed by atoms with Crippen LogP contribution >= 0.6 is 0 Å². The van der Waals surface area contributed by atoms with Crippen LogP contribution in [-0.4, -0.2) is 54.6 Å². The highest BCUT2D eigenvalue weighted by molar-refractivity contribution is 6.01. The Bertz CT molecular complexity index is 1500. The number of pyridine rings is 4. The largest absolute Gasteiger partial charge is 0.384 e. The predicted molar refractivity (Wildman–Crippen MR) is 126 cm³/mol. The van der Waals surface area contributed by atoms with Crippen molar-refractivity contribution >= 4 is 27.8 Å². The molecular formula is C25H22N6O3. The standard InChI is InChI=1S/C25H22N6O3/c1-15(32)25(34)30-10-8-19(9-11-30)31-22(33)7-3-17-14-28-21-6-5-20(29-23(21)24(17)31)16-2-4-18(12-26)27-13-16/h2-7,13-15,19,32H,8-11H2,1H3. The first-order chi connectivity index (χ1) is 16.5. The number of aliphatic hydroxyl groups is 1. The van der Waals surface area contributed by atoms with E-state index in [0.717, 1.165) is 10.9 Å². The number of hydrogen-bond donors (Lipinski definition) is 1. The first-order valence-electron chi connectivity index (χ1n) is 11.1. The normalized spacial score (nSPS) is 15.4. The minimum Gasteiger partial charge on any atom is -0.384 e. The monoisotopic (exact) mass is 454 g/mol. The maximum absolute atomic E-state index is 13.1. The lowest BCUT2D eigenvalue weighted by atomic mass is 10.0. The Kier molecular flexibility index (Phi) is 5.51. The summed E-state index contributed by atoms with van der Waals surface area (Å²) in [5.74, 6) is -0.291. The highest BCUT2D eigenvalue weighted by Gasteiger charge is 2.27. The predicted octanol–water partition coefficient (Wildman–Crippen LogP) is 2.42. The third-order valence-corrected chi connectivity index (χ3v) is 6.27. The summed E-state index contributed by atoms with van der Waals surface area (Å²) in [6.45, 7) is 2.40. The highest BCUT2D eigenvalue weighted by Crippen LogP contribution is 2.30. The summed E-state index contributed by atoms with van der Waals surface area (Å²) < 4.78 is 1.78. The second kappa shape index (κ2) is 8.65. The molecule has 1 atom stereocenters. The molecule has 0 bridgehead atoms. The van der Waals surface area contributed by atoms with Gasteiger partial charge in [-0.05, 0) is 50.1 Å². The van der Waals surface area contributed by atoms with Crippen molar-refractivity contribution in [1.29, 1.82) is 5.26 Å². The lowest BCUT2D eigenvalue weighted by molar-refractivity contribution is -0.140. The summed E-state index contributed by atoms with van der Waals surface area (Å²) >= 11 is 0. The average molecular weight is 454 g/mol. The van der Waals surface area contributed by atoms with Crippen LogP contribution in [0, 0.1) is 11.3 Å². The van der Waals surface area contributed by atoms with Gasteiger partial charge in [-0.15, -0.1) is 0 Å². The van der Waals surface area contributed by atoms with Crippen LogP contribution < -0.4 is 5.56 Å². The summed E-state index contributed by atoms with van der Waals surface area (Å²) in [5.41, 5.74) is 3.60. The van der Waals surface area contributed by atoms with Gasteiger partial charge in [-0.3, -0.25) is 14.6 Å². The van der Waals surface area contributed by atoms with E-state index in [1.54, 1.807) is 40.1 Å². The van der Waals surface area contributed by atoms with Crippen molar-refractivity contribution in [3.63, 3.8) is 0 Å². The molecule has 5 heterocycles. The summed E-state index contributed by atoms with van der Waals surface area (Å²) in [7, 11) is 0. The van der Waals surface area contributed by atoms with Gasteiger partial charge in [0.25, 0.3) is 11.5 Å². The molecule has 9 nitrogen and oxygen atoms in total. The Morgan fingerprint density at radius 3 is 2.59 bits per heavy atom. The number of aliphatic hydroxyl groups excluding tert-OH is 1. The first-order valence-corrected chi connectivity index (χ1v) is 11.1. The van der Waals surface area contributed by atoms with Crippen molar-refractivity contribution in [3.8, 4) is 17.3 Å². The molecule has 0 radical (unpaired) electrons. The van der Waals surface area contributed by atoms with Crippen LogP contribution in [0.15, 0.2) is 53.6 Å². The molecule has 1 unspecified atom stereocenters. The topological polar surface area (TPSA) is 125 Å². The first kappa shape index (κ1) is 21.7. The fraction of sp³-hybridized carbons (Fsp3) is 0.280. The van der Waals surface area contributed by atoms with Crippen molar-refractivity contribution in [2.24, 2.45) is 0 Å². The number of hydrogen-bond acceptors (Lipinski definition) is 7. The van der Waals surface area contributed by atoms with E-state index >= 15 is 0 Å². The second-order valence-corrected chi connectivity index (χ2v) is 8.44. The Hall–Kier alpha value is -4.16. The van der Waals surface area contributed by atoms with Crippen LogP contribution in [-0.2, 0) is 4.79 Å². The molecule has 1 amide bonds. The van der Waals surface area contributed by atoms with Crippen molar-refractivity contribution in [1.82, 2.24) is 24.4 Å². The zero-order valence-corrected chi connectivity index (χ0v) is 18.5. The van der Waals surface area contributed by atoms with Crippen LogP contribution in [0.25, 0.3) is 33.2 Å². The van der Waals surface area contributed by atoms with E-state index in [-0.39, 0.29) is 17.5 Å². The SMILES string of the molecule is CC(O)C(=O)N1CCC(n2c(=O)ccc3cnc4ccc(-c5ccc(C#N)nc5)nc4c32)CC1. The van der Waals surface area contributed by atoms with Gasteiger partial charge in [0.2, 0.25) is 0 Å². The smallest absolute Gasteiger partial charge is 0.251 e. The van der Waals surface area contributed by atoms with Crippen LogP contribution in [0.5, 0.6) is 0 Å². The van der Waals surface area contributed by atoms with Crippen LogP contribution in [0.3, 0.4) is 0 Å². The van der Waals surface area contributed by atoms with Gasteiger partial charge in [-0.1, -0.05) is 0 Å². The number of nitriles is 1. The molecule has 0 aromatic carbocycles. The number of likely N-dealkylation sites (tertiary alicyclic amines) is 1. The number of amides is 1. The molecule has 1 aliphatic rings. The number of carbonyl (C=O) groups excluding carboxylic acids is 1. The average Bonchev–Trinajstić information content (AvgIpc) is 2.88. The molecule has 1 fully saturated rings. The maximum Gasteiger partial charge on any atom is 0.251 e. The molecule has 0 aliphatic carbocycles. The van der Waals surface area contributed by atoms with Gasteiger partial charge in [0.1, 0.15) is 23.4 Å². The van der Waals surface area contributed by atoms with Crippen LogP contribution in [0.2, 0.25) is 0 Å². The minimum absolute atomic E-state index is 0.109. The molecule has 4 aromatic heterocycles. The Labute approximate surface area is 194 Å². The lowest BCUT2D eigenvalue weighted by Gasteiger charge is -2.34. The summed E-state index contributed by atoms with van der Waals surface area (Å²) in [6.07, 6.45) is 3.50. The zero-order chi connectivity index (χ0) is 23.8. The molecule has 1 aliphatic heterocycles. The third kappa shape index (κ3) is 3.78. The van der Waals surface area contributed by atoms with Crippen molar-refractivity contribution < 1.29 is 9.90 Å². The van der Waals surface area contributed by atoms with Gasteiger partial charge in [0, 0.05) is 48.5 Å². The Morgan fingerprint density at radius 2 is 1.91 bits per heavy atom. The van der Waals surface area contributed by atoms with Gasteiger partial charge in [-0.25, -0.2) is 9.97 Å². The van der Waals surface area contributed by atoms with Gasteiger partial charge >= 0.3 is 0 Å². The van der Waals surface area contributed by atoms with Crippen LogP contribution in [0.1, 0.15) is 31.5 Å². The zero-order valence-electron chi connectivity index (χ0n) is 18.5. The number of carbonyl (C=O) groups is 1. The second-order valence-electron chi connectivity index (χ2n) is 8.44. The molecule has 34 heavy (non-hydrogen) atoms. The third-order valence-electron chi connectivity index (χ3n) is 6.27. The molecule has 0 spiro atoms. The highest BCUT2D eigenvalue weighted by atomic mass is 16.3. The van der Waals surface area contributed by atoms with E-state index in [1.807, 2.05) is 18.2 Å². The Morgan fingerprint density at radius 1 is 1.12 bits per heavy atom. The number of aromatic nitrogens is 4. The molecule has 9 heteroatoms. The molecule has 0 saturated carbocycles. The van der Waals surface area contributed by atoms with Crippen molar-refractivity contribution in [3.05, 3.63) is 64.8 Å². The number of rotatable bonds is 3. The van der Waals surface area contributed by atoms with Gasteiger partial charge < -0.3 is 14.6 Å². The molecule has 5 rings (SSSR count). The van der Waals surface area contributed by atoms with Crippen LogP contribution in [0.4, 0.5) is 0 Å².